The average Bonchev–Trinajstić information content (AvgIpc) is 2.83. The molecule has 0 aliphatic carbocycles. The molecule has 0 bridgehead atoms. The molecule has 0 fully saturated rings. The second-order valence-electron chi connectivity index (χ2n) is 6.36. The summed E-state index contributed by atoms with van der Waals surface area (Å²) in [5.41, 5.74) is 1.35. The number of pyridine rings is 1. The van der Waals surface area contributed by atoms with E-state index >= 15 is 0 Å². The van der Waals surface area contributed by atoms with E-state index in [1.807, 2.05) is 0 Å². The maximum atomic E-state index is 13.1. The summed E-state index contributed by atoms with van der Waals surface area (Å²) in [6, 6.07) is 13.8. The minimum Gasteiger partial charge on any atom is -0.436 e. The highest BCUT2D eigenvalue weighted by atomic mass is 35.5. The third-order valence-electron chi connectivity index (χ3n) is 4.37. The van der Waals surface area contributed by atoms with E-state index in [1.165, 1.54) is 23.2 Å². The summed E-state index contributed by atoms with van der Waals surface area (Å²) in [5.74, 6) is -0.634. The summed E-state index contributed by atoms with van der Waals surface area (Å²) < 4.78 is 18.8. The summed E-state index contributed by atoms with van der Waals surface area (Å²) in [7, 11) is 0. The van der Waals surface area contributed by atoms with Gasteiger partial charge in [0.25, 0.3) is 5.91 Å². The normalized spacial score (nSPS) is 12.5. The number of nitrogens with zero attached hydrogens (tertiary/aromatic N) is 2. The second kappa shape index (κ2) is 7.89. The maximum Gasteiger partial charge on any atom is 0.264 e. The predicted octanol–water partition coefficient (Wildman–Crippen LogP) is 3.94. The molecule has 2 heterocycles. The van der Waals surface area contributed by atoms with Crippen LogP contribution in [0.4, 0.5) is 10.1 Å². The van der Waals surface area contributed by atoms with Gasteiger partial charge in [0.2, 0.25) is 11.8 Å². The number of carbonyl (C=O) groups is 2. The van der Waals surface area contributed by atoms with Gasteiger partial charge in [-0.15, -0.1) is 0 Å². The fourth-order valence-electron chi connectivity index (χ4n) is 2.94. The van der Waals surface area contributed by atoms with Crippen LogP contribution >= 0.6 is 11.6 Å². The van der Waals surface area contributed by atoms with Crippen LogP contribution in [0.25, 0.3) is 0 Å². The number of ether oxygens (including phenoxy) is 1. The van der Waals surface area contributed by atoms with Crippen LogP contribution < -0.4 is 15.0 Å². The van der Waals surface area contributed by atoms with Crippen LogP contribution in [0.3, 0.4) is 0 Å². The van der Waals surface area contributed by atoms with Crippen LogP contribution in [0.2, 0.25) is 5.02 Å². The lowest BCUT2D eigenvalue weighted by Crippen LogP contribution is -2.40. The highest BCUT2D eigenvalue weighted by Crippen LogP contribution is 2.39. The predicted molar refractivity (Wildman–Crippen MR) is 106 cm³/mol. The van der Waals surface area contributed by atoms with Gasteiger partial charge in [0.15, 0.2) is 5.75 Å². The van der Waals surface area contributed by atoms with Crippen LogP contribution in [-0.2, 0) is 11.3 Å². The molecule has 0 saturated carbocycles. The molecule has 1 aliphatic rings. The molecule has 146 valence electrons. The lowest BCUT2D eigenvalue weighted by molar-refractivity contribution is -0.119. The lowest BCUT2D eigenvalue weighted by Gasteiger charge is -2.21. The van der Waals surface area contributed by atoms with Crippen molar-refractivity contribution in [3.05, 3.63) is 82.8 Å². The largest absolute Gasteiger partial charge is 0.436 e. The fourth-order valence-corrected chi connectivity index (χ4v) is 3.11. The van der Waals surface area contributed by atoms with Crippen molar-refractivity contribution in [1.29, 1.82) is 0 Å². The number of halogens is 2. The highest BCUT2D eigenvalue weighted by molar-refractivity contribution is 6.31. The Balaban J connectivity index is 1.59. The van der Waals surface area contributed by atoms with E-state index in [9.17, 15) is 14.0 Å². The number of nitrogens with one attached hydrogen (secondary N) is 1. The molecule has 1 aromatic heterocycles. The molecule has 3 aromatic rings. The van der Waals surface area contributed by atoms with Crippen molar-refractivity contribution in [2.24, 2.45) is 0 Å². The molecule has 1 aliphatic heterocycles. The van der Waals surface area contributed by atoms with Gasteiger partial charge in [-0.2, -0.15) is 0 Å². The van der Waals surface area contributed by atoms with Crippen LogP contribution in [0.1, 0.15) is 15.9 Å². The van der Waals surface area contributed by atoms with E-state index in [1.54, 1.807) is 42.5 Å². The molecule has 2 amide bonds. The van der Waals surface area contributed by atoms with Crippen molar-refractivity contribution in [3.63, 3.8) is 0 Å². The third kappa shape index (κ3) is 4.05. The van der Waals surface area contributed by atoms with Crippen molar-refractivity contribution in [2.45, 2.75) is 6.54 Å². The molecule has 8 heteroatoms. The number of anilines is 1. The fraction of sp³-hybridized carbons (Fsp3) is 0.0952. The molecular weight excluding hydrogens is 397 g/mol. The van der Waals surface area contributed by atoms with Gasteiger partial charge in [0.1, 0.15) is 17.9 Å². The number of benzene rings is 2. The van der Waals surface area contributed by atoms with Gasteiger partial charge in [0, 0.05) is 17.8 Å². The molecule has 1 N–H and O–H groups in total. The molecule has 4 rings (SSSR count). The molecule has 0 saturated heterocycles. The zero-order valence-corrected chi connectivity index (χ0v) is 15.8. The Morgan fingerprint density at radius 3 is 2.76 bits per heavy atom. The van der Waals surface area contributed by atoms with Gasteiger partial charge in [-0.1, -0.05) is 23.7 Å². The van der Waals surface area contributed by atoms with Gasteiger partial charge in [0.05, 0.1) is 5.69 Å². The minimum absolute atomic E-state index is 0.162. The highest BCUT2D eigenvalue weighted by Gasteiger charge is 2.30. The Kier molecular flexibility index (Phi) is 5.14. The number of fused-ring (bicyclic) bond motifs is 2. The number of aromatic nitrogens is 1. The number of hydrogen-bond donors (Lipinski definition) is 1. The van der Waals surface area contributed by atoms with Crippen LogP contribution in [0.15, 0.2) is 60.8 Å². The lowest BCUT2D eigenvalue weighted by atomic mass is 10.2. The monoisotopic (exact) mass is 411 g/mol. The van der Waals surface area contributed by atoms with E-state index in [4.69, 9.17) is 16.3 Å². The molecule has 2 aromatic carbocycles. The van der Waals surface area contributed by atoms with E-state index in [-0.39, 0.29) is 36.3 Å². The Bertz CT molecular complexity index is 1090. The molecule has 6 nitrogen and oxygen atoms in total. The Morgan fingerprint density at radius 2 is 1.97 bits per heavy atom. The molecule has 0 spiro atoms. The summed E-state index contributed by atoms with van der Waals surface area (Å²) in [5, 5.41) is 3.13. The standard InChI is InChI=1S/C21H15ClFN3O3/c22-14-5-8-18-17(10-14)26(21(28)16-2-1-9-24-20(16)29-18)12-19(27)25-11-13-3-6-15(23)7-4-13/h1-10H,11-12H2,(H,25,27). The second-order valence-corrected chi connectivity index (χ2v) is 6.80. The van der Waals surface area contributed by atoms with Crippen molar-refractivity contribution in [2.75, 3.05) is 11.4 Å². The van der Waals surface area contributed by atoms with Crippen LogP contribution in [0.5, 0.6) is 11.6 Å². The molecular formula is C21H15ClFN3O3. The number of amides is 2. The smallest absolute Gasteiger partial charge is 0.264 e. The minimum atomic E-state index is -0.425. The van der Waals surface area contributed by atoms with Gasteiger partial charge in [-0.3, -0.25) is 14.5 Å². The SMILES string of the molecule is O=C(CN1C(=O)c2cccnc2Oc2ccc(Cl)cc21)NCc1ccc(F)cc1. The van der Waals surface area contributed by atoms with Gasteiger partial charge in [-0.25, -0.2) is 9.37 Å². The first-order valence-electron chi connectivity index (χ1n) is 8.77. The van der Waals surface area contributed by atoms with E-state index in [0.717, 1.165) is 5.56 Å². The topological polar surface area (TPSA) is 71.5 Å². The molecule has 29 heavy (non-hydrogen) atoms. The van der Waals surface area contributed by atoms with Crippen molar-refractivity contribution >= 4 is 29.1 Å². The van der Waals surface area contributed by atoms with Crippen molar-refractivity contribution in [3.8, 4) is 11.6 Å². The Morgan fingerprint density at radius 1 is 1.17 bits per heavy atom. The molecule has 0 unspecified atom stereocenters. The summed E-state index contributed by atoms with van der Waals surface area (Å²) in [4.78, 5) is 31.1. The molecule has 0 radical (unpaired) electrons. The van der Waals surface area contributed by atoms with Gasteiger partial charge >= 0.3 is 0 Å². The molecule has 0 atom stereocenters. The van der Waals surface area contributed by atoms with Crippen molar-refractivity contribution in [1.82, 2.24) is 10.3 Å². The summed E-state index contributed by atoms with van der Waals surface area (Å²) in [6.45, 7) is -0.0384. The van der Waals surface area contributed by atoms with E-state index in [2.05, 4.69) is 10.3 Å². The van der Waals surface area contributed by atoms with Gasteiger partial charge < -0.3 is 10.1 Å². The summed E-state index contributed by atoms with van der Waals surface area (Å²) in [6.07, 6.45) is 1.52. The van der Waals surface area contributed by atoms with E-state index < -0.39 is 5.91 Å². The van der Waals surface area contributed by atoms with Crippen LogP contribution in [0, 0.1) is 5.82 Å². The zero-order valence-electron chi connectivity index (χ0n) is 15.1. The van der Waals surface area contributed by atoms with E-state index in [0.29, 0.717) is 16.5 Å². The maximum absolute atomic E-state index is 13.1. The van der Waals surface area contributed by atoms with Gasteiger partial charge in [-0.05, 0) is 48.0 Å². The quantitative estimate of drug-likeness (QED) is 0.705. The first-order valence-corrected chi connectivity index (χ1v) is 9.14. The summed E-state index contributed by atoms with van der Waals surface area (Å²) >= 11 is 6.10. The number of rotatable bonds is 4. The van der Waals surface area contributed by atoms with Crippen LogP contribution in [-0.4, -0.2) is 23.3 Å². The first-order chi connectivity index (χ1) is 14.0. The zero-order chi connectivity index (χ0) is 20.4. The number of carbonyl (C=O) groups excluding carboxylic acids is 2. The third-order valence-corrected chi connectivity index (χ3v) is 4.60. The Hall–Kier alpha value is -3.45. The first kappa shape index (κ1) is 18.9. The Labute approximate surface area is 170 Å². The number of hydrogen-bond acceptors (Lipinski definition) is 4. The average molecular weight is 412 g/mol. The van der Waals surface area contributed by atoms with Crippen molar-refractivity contribution < 1.29 is 18.7 Å².